The van der Waals surface area contributed by atoms with Crippen molar-refractivity contribution < 1.29 is 4.79 Å². The molecule has 0 N–H and O–H groups in total. The van der Waals surface area contributed by atoms with Gasteiger partial charge in [0, 0.05) is 5.56 Å². The predicted molar refractivity (Wildman–Crippen MR) is 67.6 cm³/mol. The van der Waals surface area contributed by atoms with Crippen molar-refractivity contribution in [2.24, 2.45) is 0 Å². The number of rotatable bonds is 0. The summed E-state index contributed by atoms with van der Waals surface area (Å²) in [7, 11) is 0. The molecule has 3 rings (SSSR count). The summed E-state index contributed by atoms with van der Waals surface area (Å²) in [6.45, 7) is 0. The molecule has 0 amide bonds. The topological polar surface area (TPSA) is 17.1 Å². The van der Waals surface area contributed by atoms with Gasteiger partial charge >= 0.3 is 0 Å². The zero-order valence-corrected chi connectivity index (χ0v) is 9.23. The fourth-order valence-electron chi connectivity index (χ4n) is 2.34. The Morgan fingerprint density at radius 3 is 2.71 bits per heavy atom. The molecule has 0 atom stereocenters. The van der Waals surface area contributed by atoms with Gasteiger partial charge in [-0.3, -0.25) is 4.79 Å². The number of carbonyl (C=O) groups excluding carboxylic acids is 1. The summed E-state index contributed by atoms with van der Waals surface area (Å²) in [6.07, 6.45) is 1.59. The van der Waals surface area contributed by atoms with Gasteiger partial charge in [-0.05, 0) is 46.7 Å². The van der Waals surface area contributed by atoms with E-state index in [1.54, 1.807) is 0 Å². The van der Waals surface area contributed by atoms with Gasteiger partial charge in [0.15, 0.2) is 6.29 Å². The third-order valence-electron chi connectivity index (χ3n) is 3.07. The number of carbonyl (C=O) groups is 1. The zero-order chi connectivity index (χ0) is 11.7. The Balaban J connectivity index is 2.10. The standard InChI is InChI=1S/C16H10O/c17-9-3-4-12-7-8-16-14(10-12)11-13-5-1-2-6-15(13)16/h1-2,5-10H,11H2. The first kappa shape index (κ1) is 9.86. The van der Waals surface area contributed by atoms with E-state index in [0.717, 1.165) is 12.0 Å². The molecule has 0 spiro atoms. The summed E-state index contributed by atoms with van der Waals surface area (Å²) in [5.74, 6) is 5.28. The second-order valence-corrected chi connectivity index (χ2v) is 4.09. The van der Waals surface area contributed by atoms with E-state index in [2.05, 4.69) is 48.2 Å². The molecule has 0 radical (unpaired) electrons. The molecule has 1 aliphatic rings. The van der Waals surface area contributed by atoms with E-state index in [1.807, 2.05) is 6.07 Å². The Labute approximate surface area is 100 Å². The minimum absolute atomic E-state index is 0.627. The molecule has 80 valence electrons. The molecule has 1 nitrogen and oxygen atoms in total. The average Bonchev–Trinajstić information content (AvgIpc) is 2.74. The van der Waals surface area contributed by atoms with E-state index in [-0.39, 0.29) is 0 Å². The van der Waals surface area contributed by atoms with Gasteiger partial charge in [-0.25, -0.2) is 0 Å². The average molecular weight is 218 g/mol. The maximum atomic E-state index is 10.2. The van der Waals surface area contributed by atoms with Crippen molar-refractivity contribution >= 4 is 6.29 Å². The highest BCUT2D eigenvalue weighted by Crippen LogP contribution is 2.36. The third-order valence-corrected chi connectivity index (χ3v) is 3.07. The Bertz CT molecular complexity index is 657. The van der Waals surface area contributed by atoms with Crippen LogP contribution in [0.15, 0.2) is 42.5 Å². The van der Waals surface area contributed by atoms with E-state index < -0.39 is 0 Å². The van der Waals surface area contributed by atoms with Crippen LogP contribution in [-0.4, -0.2) is 6.29 Å². The molecule has 0 saturated carbocycles. The van der Waals surface area contributed by atoms with E-state index in [1.165, 1.54) is 22.3 Å². The van der Waals surface area contributed by atoms with Gasteiger partial charge in [-0.2, -0.15) is 0 Å². The van der Waals surface area contributed by atoms with Gasteiger partial charge in [-0.15, -0.1) is 0 Å². The Kier molecular flexibility index (Phi) is 2.27. The fourth-order valence-corrected chi connectivity index (χ4v) is 2.34. The SMILES string of the molecule is O=CC#Cc1ccc2c(c1)Cc1ccccc1-2. The Morgan fingerprint density at radius 1 is 1.00 bits per heavy atom. The van der Waals surface area contributed by atoms with Gasteiger partial charge in [0.2, 0.25) is 0 Å². The maximum Gasteiger partial charge on any atom is 0.193 e. The molecule has 0 fully saturated rings. The molecule has 0 aliphatic heterocycles. The number of fused-ring (bicyclic) bond motifs is 3. The molecule has 1 aliphatic carbocycles. The van der Waals surface area contributed by atoms with Crippen LogP contribution in [0.25, 0.3) is 11.1 Å². The first-order chi connectivity index (χ1) is 8.38. The van der Waals surface area contributed by atoms with E-state index >= 15 is 0 Å². The van der Waals surface area contributed by atoms with Crippen LogP contribution in [0.2, 0.25) is 0 Å². The summed E-state index contributed by atoms with van der Waals surface area (Å²) in [5.41, 5.74) is 6.17. The van der Waals surface area contributed by atoms with E-state index in [4.69, 9.17) is 0 Å². The lowest BCUT2D eigenvalue weighted by Gasteiger charge is -2.00. The number of benzene rings is 2. The molecule has 0 unspecified atom stereocenters. The van der Waals surface area contributed by atoms with E-state index in [0.29, 0.717) is 6.29 Å². The van der Waals surface area contributed by atoms with Gasteiger partial charge in [-0.1, -0.05) is 36.3 Å². The monoisotopic (exact) mass is 218 g/mol. The fraction of sp³-hybridized carbons (Fsp3) is 0.0625. The second-order valence-electron chi connectivity index (χ2n) is 4.09. The first-order valence-corrected chi connectivity index (χ1v) is 5.55. The van der Waals surface area contributed by atoms with Crippen molar-refractivity contribution in [2.45, 2.75) is 6.42 Å². The minimum atomic E-state index is 0.627. The zero-order valence-electron chi connectivity index (χ0n) is 9.23. The summed E-state index contributed by atoms with van der Waals surface area (Å²) >= 11 is 0. The Morgan fingerprint density at radius 2 is 1.82 bits per heavy atom. The van der Waals surface area contributed by atoms with Crippen LogP contribution >= 0.6 is 0 Å². The van der Waals surface area contributed by atoms with Crippen molar-refractivity contribution in [3.8, 4) is 23.0 Å². The van der Waals surface area contributed by atoms with E-state index in [9.17, 15) is 4.79 Å². The van der Waals surface area contributed by atoms with Crippen LogP contribution in [-0.2, 0) is 11.2 Å². The highest BCUT2D eigenvalue weighted by molar-refractivity contribution is 5.78. The van der Waals surface area contributed by atoms with Crippen molar-refractivity contribution in [3.05, 3.63) is 59.2 Å². The maximum absolute atomic E-state index is 10.2. The predicted octanol–water partition coefficient (Wildman–Crippen LogP) is 2.81. The lowest BCUT2D eigenvalue weighted by atomic mass is 10.0. The van der Waals surface area contributed by atoms with Crippen LogP contribution in [0, 0.1) is 11.8 Å². The van der Waals surface area contributed by atoms with Crippen LogP contribution in [0.3, 0.4) is 0 Å². The highest BCUT2D eigenvalue weighted by atomic mass is 16.1. The molecular formula is C16H10O. The lowest BCUT2D eigenvalue weighted by molar-refractivity contribution is -0.103. The van der Waals surface area contributed by atoms with Crippen LogP contribution in [0.4, 0.5) is 0 Å². The summed E-state index contributed by atoms with van der Waals surface area (Å²) in [5, 5.41) is 0. The van der Waals surface area contributed by atoms with Crippen LogP contribution in [0.5, 0.6) is 0 Å². The highest BCUT2D eigenvalue weighted by Gasteiger charge is 2.17. The lowest BCUT2D eigenvalue weighted by Crippen LogP contribution is -1.82. The molecule has 2 aromatic rings. The molecule has 0 heterocycles. The Hall–Kier alpha value is -2.33. The minimum Gasteiger partial charge on any atom is -0.289 e. The van der Waals surface area contributed by atoms with Crippen molar-refractivity contribution in [1.82, 2.24) is 0 Å². The number of hydrogen-bond donors (Lipinski definition) is 0. The largest absolute Gasteiger partial charge is 0.289 e. The molecule has 0 saturated heterocycles. The van der Waals surface area contributed by atoms with Gasteiger partial charge < -0.3 is 0 Å². The molecule has 0 bridgehead atoms. The molecule has 2 aromatic carbocycles. The first-order valence-electron chi connectivity index (χ1n) is 5.55. The van der Waals surface area contributed by atoms with Gasteiger partial charge in [0.25, 0.3) is 0 Å². The molecular weight excluding hydrogens is 208 g/mol. The number of aldehydes is 1. The van der Waals surface area contributed by atoms with Crippen molar-refractivity contribution in [2.75, 3.05) is 0 Å². The van der Waals surface area contributed by atoms with Gasteiger partial charge in [0.05, 0.1) is 0 Å². The molecule has 0 aromatic heterocycles. The molecule has 17 heavy (non-hydrogen) atoms. The van der Waals surface area contributed by atoms with Crippen molar-refractivity contribution in [3.63, 3.8) is 0 Å². The second kappa shape index (κ2) is 3.92. The van der Waals surface area contributed by atoms with Crippen molar-refractivity contribution in [1.29, 1.82) is 0 Å². The summed E-state index contributed by atoms with van der Waals surface area (Å²) < 4.78 is 0. The third kappa shape index (κ3) is 1.64. The van der Waals surface area contributed by atoms with Crippen LogP contribution in [0.1, 0.15) is 16.7 Å². The smallest absolute Gasteiger partial charge is 0.193 e. The summed E-state index contributed by atoms with van der Waals surface area (Å²) in [4.78, 5) is 10.2. The number of hydrogen-bond acceptors (Lipinski definition) is 1. The van der Waals surface area contributed by atoms with Crippen LogP contribution < -0.4 is 0 Å². The quantitative estimate of drug-likeness (QED) is 0.419. The molecule has 1 heteroatoms. The summed E-state index contributed by atoms with van der Waals surface area (Å²) in [6, 6.07) is 14.6. The normalized spacial score (nSPS) is 11.1. The van der Waals surface area contributed by atoms with Gasteiger partial charge in [0.1, 0.15) is 0 Å².